The van der Waals surface area contributed by atoms with Crippen LogP contribution in [-0.2, 0) is 11.3 Å². The normalized spacial score (nSPS) is 12.7. The fourth-order valence-electron chi connectivity index (χ4n) is 2.12. The van der Waals surface area contributed by atoms with Crippen LogP contribution in [0.2, 0.25) is 0 Å². The molecule has 0 bridgehead atoms. The van der Waals surface area contributed by atoms with Gasteiger partial charge in [0.1, 0.15) is 0 Å². The number of carbonyl (C=O) groups is 1. The molecule has 0 aliphatic rings. The Morgan fingerprint density at radius 3 is 2.43 bits per heavy atom. The van der Waals surface area contributed by atoms with Crippen LogP contribution in [0.25, 0.3) is 0 Å². The van der Waals surface area contributed by atoms with Gasteiger partial charge >= 0.3 is 5.97 Å². The molecule has 1 aromatic rings. The highest BCUT2D eigenvalue weighted by atomic mass is 16.4. The van der Waals surface area contributed by atoms with Gasteiger partial charge in [-0.05, 0) is 52.7 Å². The fourth-order valence-corrected chi connectivity index (χ4v) is 2.12. The molecule has 21 heavy (non-hydrogen) atoms. The first-order chi connectivity index (χ1) is 9.60. The molecule has 0 unspecified atom stereocenters. The zero-order valence-corrected chi connectivity index (χ0v) is 13.5. The van der Waals surface area contributed by atoms with E-state index in [1.807, 2.05) is 36.9 Å². The second kappa shape index (κ2) is 7.00. The Balaban J connectivity index is 2.82. The molecule has 0 amide bonds. The third-order valence-corrected chi connectivity index (χ3v) is 3.64. The lowest BCUT2D eigenvalue weighted by atomic mass is 9.88. The highest BCUT2D eigenvalue weighted by Gasteiger charge is 2.30. The Bertz CT molecular complexity index is 452. The van der Waals surface area contributed by atoms with E-state index in [2.05, 4.69) is 18.8 Å². The lowest BCUT2D eigenvalue weighted by Gasteiger charge is -2.39. The first kappa shape index (κ1) is 17.6. The summed E-state index contributed by atoms with van der Waals surface area (Å²) in [5, 5.41) is 9.17. The van der Waals surface area contributed by atoms with E-state index >= 15 is 0 Å². The van der Waals surface area contributed by atoms with Gasteiger partial charge in [0.25, 0.3) is 0 Å². The molecule has 0 aliphatic carbocycles. The standard InChI is InChI=1S/C16H27N3O2/c1-15(2,17)8-9-16(3,4)19(12-14(20)21)11-13-7-5-6-10-18-13/h5-7,10H,8-9,11-12,17H2,1-4H3,(H,20,21). The fraction of sp³-hybridized carbons (Fsp3) is 0.625. The maximum absolute atomic E-state index is 11.2. The molecule has 1 aromatic heterocycles. The molecule has 0 atom stereocenters. The largest absolute Gasteiger partial charge is 0.480 e. The molecule has 0 radical (unpaired) electrons. The highest BCUT2D eigenvalue weighted by molar-refractivity contribution is 5.69. The van der Waals surface area contributed by atoms with Gasteiger partial charge in [-0.25, -0.2) is 0 Å². The van der Waals surface area contributed by atoms with Gasteiger partial charge in [-0.3, -0.25) is 14.7 Å². The van der Waals surface area contributed by atoms with Crippen LogP contribution in [0.3, 0.4) is 0 Å². The summed E-state index contributed by atoms with van der Waals surface area (Å²) in [6.45, 7) is 8.61. The van der Waals surface area contributed by atoms with E-state index in [4.69, 9.17) is 10.8 Å². The van der Waals surface area contributed by atoms with Crippen LogP contribution in [0.4, 0.5) is 0 Å². The van der Waals surface area contributed by atoms with Crippen molar-refractivity contribution in [2.75, 3.05) is 6.54 Å². The van der Waals surface area contributed by atoms with Crippen LogP contribution in [0.15, 0.2) is 24.4 Å². The first-order valence-electron chi connectivity index (χ1n) is 7.26. The van der Waals surface area contributed by atoms with Crippen molar-refractivity contribution in [2.45, 2.75) is 58.2 Å². The number of aromatic nitrogens is 1. The van der Waals surface area contributed by atoms with Gasteiger partial charge in [0.2, 0.25) is 0 Å². The first-order valence-corrected chi connectivity index (χ1v) is 7.26. The van der Waals surface area contributed by atoms with Gasteiger partial charge in [-0.2, -0.15) is 0 Å². The maximum Gasteiger partial charge on any atom is 0.317 e. The van der Waals surface area contributed by atoms with E-state index in [0.717, 1.165) is 18.5 Å². The lowest BCUT2D eigenvalue weighted by molar-refractivity contribution is -0.140. The zero-order valence-electron chi connectivity index (χ0n) is 13.5. The molecule has 5 heteroatoms. The van der Waals surface area contributed by atoms with Gasteiger partial charge in [0, 0.05) is 23.8 Å². The van der Waals surface area contributed by atoms with E-state index in [9.17, 15) is 4.79 Å². The van der Waals surface area contributed by atoms with Crippen molar-refractivity contribution in [3.8, 4) is 0 Å². The number of aliphatic carboxylic acids is 1. The third-order valence-electron chi connectivity index (χ3n) is 3.64. The Morgan fingerprint density at radius 1 is 1.29 bits per heavy atom. The highest BCUT2D eigenvalue weighted by Crippen LogP contribution is 2.25. The van der Waals surface area contributed by atoms with Crippen molar-refractivity contribution in [1.29, 1.82) is 0 Å². The molecular formula is C16H27N3O2. The summed E-state index contributed by atoms with van der Waals surface area (Å²) in [6.07, 6.45) is 3.39. The molecule has 5 nitrogen and oxygen atoms in total. The molecule has 0 fully saturated rings. The lowest BCUT2D eigenvalue weighted by Crippen LogP contribution is -2.47. The van der Waals surface area contributed by atoms with E-state index in [0.29, 0.717) is 6.54 Å². The smallest absolute Gasteiger partial charge is 0.317 e. The van der Waals surface area contributed by atoms with Crippen molar-refractivity contribution in [3.05, 3.63) is 30.1 Å². The Morgan fingerprint density at radius 2 is 1.95 bits per heavy atom. The number of rotatable bonds is 8. The molecule has 0 saturated carbocycles. The number of carboxylic acid groups (broad SMARTS) is 1. The zero-order chi connectivity index (χ0) is 16.1. The van der Waals surface area contributed by atoms with Crippen LogP contribution >= 0.6 is 0 Å². The SMILES string of the molecule is CC(C)(N)CCC(C)(C)N(CC(=O)O)Cc1ccccn1. The van der Waals surface area contributed by atoms with E-state index in [1.54, 1.807) is 6.20 Å². The summed E-state index contributed by atoms with van der Waals surface area (Å²) >= 11 is 0. The van der Waals surface area contributed by atoms with E-state index in [1.165, 1.54) is 0 Å². The van der Waals surface area contributed by atoms with Crippen LogP contribution in [0, 0.1) is 0 Å². The number of hydrogen-bond acceptors (Lipinski definition) is 4. The van der Waals surface area contributed by atoms with E-state index in [-0.39, 0.29) is 17.6 Å². The number of pyridine rings is 1. The Kier molecular flexibility index (Phi) is 5.87. The number of carboxylic acids is 1. The van der Waals surface area contributed by atoms with Gasteiger partial charge in [0.05, 0.1) is 12.2 Å². The topological polar surface area (TPSA) is 79.5 Å². The summed E-state index contributed by atoms with van der Waals surface area (Å²) in [4.78, 5) is 17.4. The number of nitrogens with zero attached hydrogens (tertiary/aromatic N) is 2. The van der Waals surface area contributed by atoms with Crippen LogP contribution in [-0.4, -0.2) is 38.6 Å². The summed E-state index contributed by atoms with van der Waals surface area (Å²) in [7, 11) is 0. The minimum absolute atomic E-state index is 0.00538. The monoisotopic (exact) mass is 293 g/mol. The number of hydrogen-bond donors (Lipinski definition) is 2. The van der Waals surface area contributed by atoms with Gasteiger partial charge in [-0.15, -0.1) is 0 Å². The molecule has 0 spiro atoms. The van der Waals surface area contributed by atoms with Crippen LogP contribution in [0.1, 0.15) is 46.2 Å². The second-order valence-electron chi connectivity index (χ2n) is 6.87. The molecule has 0 saturated heterocycles. The molecule has 1 rings (SSSR count). The maximum atomic E-state index is 11.2. The summed E-state index contributed by atoms with van der Waals surface area (Å²) < 4.78 is 0. The minimum atomic E-state index is -0.828. The quantitative estimate of drug-likeness (QED) is 0.768. The average molecular weight is 293 g/mol. The summed E-state index contributed by atoms with van der Waals surface area (Å²) in [5.41, 5.74) is 6.41. The van der Waals surface area contributed by atoms with Gasteiger partial charge in [0.15, 0.2) is 0 Å². The van der Waals surface area contributed by atoms with Crippen molar-refractivity contribution in [1.82, 2.24) is 9.88 Å². The Labute approximate surface area is 127 Å². The van der Waals surface area contributed by atoms with Crippen LogP contribution in [0.5, 0.6) is 0 Å². The summed E-state index contributed by atoms with van der Waals surface area (Å²) in [6, 6.07) is 5.68. The van der Waals surface area contributed by atoms with Gasteiger partial charge in [-0.1, -0.05) is 6.07 Å². The Hall–Kier alpha value is -1.46. The predicted octanol–water partition coefficient (Wildman–Crippen LogP) is 2.26. The van der Waals surface area contributed by atoms with E-state index < -0.39 is 5.97 Å². The van der Waals surface area contributed by atoms with Crippen LogP contribution < -0.4 is 5.73 Å². The minimum Gasteiger partial charge on any atom is -0.480 e. The average Bonchev–Trinajstić information content (AvgIpc) is 2.36. The molecule has 0 aliphatic heterocycles. The van der Waals surface area contributed by atoms with Crippen molar-refractivity contribution in [2.24, 2.45) is 5.73 Å². The van der Waals surface area contributed by atoms with Crippen molar-refractivity contribution in [3.63, 3.8) is 0 Å². The molecule has 118 valence electrons. The molecule has 1 heterocycles. The molecule has 0 aromatic carbocycles. The molecular weight excluding hydrogens is 266 g/mol. The van der Waals surface area contributed by atoms with Crippen molar-refractivity contribution >= 4 is 5.97 Å². The van der Waals surface area contributed by atoms with Gasteiger partial charge < -0.3 is 10.8 Å². The third kappa shape index (κ3) is 6.69. The predicted molar refractivity (Wildman–Crippen MR) is 83.9 cm³/mol. The molecule has 3 N–H and O–H groups in total. The van der Waals surface area contributed by atoms with Crippen molar-refractivity contribution < 1.29 is 9.90 Å². The number of nitrogens with two attached hydrogens (primary N) is 1. The summed E-state index contributed by atoms with van der Waals surface area (Å²) in [5.74, 6) is -0.828. The second-order valence-corrected chi connectivity index (χ2v) is 6.87.